The van der Waals surface area contributed by atoms with Crippen LogP contribution in [0.4, 0.5) is 0 Å². The van der Waals surface area contributed by atoms with Crippen LogP contribution in [-0.4, -0.2) is 46.5 Å². The number of hydrogen-bond donors (Lipinski definition) is 1. The fourth-order valence-electron chi connectivity index (χ4n) is 3.31. The van der Waals surface area contributed by atoms with Crippen LogP contribution in [0, 0.1) is 5.92 Å². The molecule has 5 rings (SSSR count). The van der Waals surface area contributed by atoms with Crippen LogP contribution in [0.15, 0.2) is 34.2 Å². The summed E-state index contributed by atoms with van der Waals surface area (Å²) < 4.78 is 1.98. The lowest BCUT2D eigenvalue weighted by Crippen LogP contribution is -2.57. The highest BCUT2D eigenvalue weighted by Gasteiger charge is 2.34. The Bertz CT molecular complexity index is 704. The summed E-state index contributed by atoms with van der Waals surface area (Å²) in [5.41, 5.74) is 0.769. The Hall–Kier alpha value is -1.44. The van der Waals surface area contributed by atoms with Crippen molar-refractivity contribution in [1.29, 1.82) is 0 Å². The minimum Gasteiger partial charge on any atom is -0.348 e. The Morgan fingerprint density at radius 1 is 1.43 bits per heavy atom. The first kappa shape index (κ1) is 15.1. The highest BCUT2D eigenvalue weighted by Crippen LogP contribution is 2.29. The molecule has 3 fully saturated rings. The number of hydrogen-bond acceptors (Lipinski definition) is 6. The fourth-order valence-corrected chi connectivity index (χ4v) is 5.05. The SMILES string of the molecule is O=C(/C=C/Sc1nc2ncccc2s1)NC1CN2CCC1CC2. The van der Waals surface area contributed by atoms with Gasteiger partial charge in [0.15, 0.2) is 9.99 Å². The molecule has 1 atom stereocenters. The van der Waals surface area contributed by atoms with Crippen molar-refractivity contribution in [2.24, 2.45) is 5.92 Å². The van der Waals surface area contributed by atoms with Gasteiger partial charge in [0.05, 0.1) is 4.70 Å². The van der Waals surface area contributed by atoms with E-state index in [-0.39, 0.29) is 5.91 Å². The molecule has 0 saturated carbocycles. The monoisotopic (exact) mass is 346 g/mol. The van der Waals surface area contributed by atoms with E-state index in [4.69, 9.17) is 0 Å². The number of carbonyl (C=O) groups excluding carboxylic acids is 1. The maximum atomic E-state index is 12.1. The molecule has 0 radical (unpaired) electrons. The highest BCUT2D eigenvalue weighted by atomic mass is 32.2. The van der Waals surface area contributed by atoms with Gasteiger partial charge >= 0.3 is 0 Å². The summed E-state index contributed by atoms with van der Waals surface area (Å²) in [7, 11) is 0. The predicted octanol–water partition coefficient (Wildman–Crippen LogP) is 2.51. The van der Waals surface area contributed by atoms with E-state index >= 15 is 0 Å². The Morgan fingerprint density at radius 2 is 2.30 bits per heavy atom. The van der Waals surface area contributed by atoms with Crippen molar-refractivity contribution < 1.29 is 4.79 Å². The minimum atomic E-state index is -0.00418. The number of nitrogens with zero attached hydrogens (tertiary/aromatic N) is 3. The molecule has 0 aliphatic carbocycles. The molecule has 0 spiro atoms. The van der Waals surface area contributed by atoms with Gasteiger partial charge in [0.1, 0.15) is 0 Å². The molecule has 3 aliphatic heterocycles. The third kappa shape index (κ3) is 3.41. The van der Waals surface area contributed by atoms with E-state index in [2.05, 4.69) is 20.2 Å². The van der Waals surface area contributed by atoms with E-state index in [0.29, 0.717) is 12.0 Å². The third-order valence-electron chi connectivity index (χ3n) is 4.52. The molecule has 3 saturated heterocycles. The van der Waals surface area contributed by atoms with Gasteiger partial charge in [-0.2, -0.15) is 0 Å². The van der Waals surface area contributed by atoms with E-state index in [1.165, 1.54) is 37.7 Å². The minimum absolute atomic E-state index is 0.00418. The van der Waals surface area contributed by atoms with Gasteiger partial charge in [0, 0.05) is 24.9 Å². The maximum Gasteiger partial charge on any atom is 0.244 e. The lowest BCUT2D eigenvalue weighted by atomic mass is 9.84. The summed E-state index contributed by atoms with van der Waals surface area (Å²) in [4.78, 5) is 23.2. The number of piperidine rings is 3. The smallest absolute Gasteiger partial charge is 0.244 e. The molecule has 2 bridgehead atoms. The summed E-state index contributed by atoms with van der Waals surface area (Å²) in [6.45, 7) is 3.38. The van der Waals surface area contributed by atoms with E-state index in [1.54, 1.807) is 23.6 Å². The van der Waals surface area contributed by atoms with Gasteiger partial charge in [0.2, 0.25) is 5.91 Å². The molecule has 23 heavy (non-hydrogen) atoms. The second-order valence-electron chi connectivity index (χ2n) is 5.98. The first-order chi connectivity index (χ1) is 11.3. The predicted molar refractivity (Wildman–Crippen MR) is 93.5 cm³/mol. The quantitative estimate of drug-likeness (QED) is 0.681. The summed E-state index contributed by atoms with van der Waals surface area (Å²) in [5.74, 6) is 0.649. The van der Waals surface area contributed by atoms with Gasteiger partial charge < -0.3 is 10.2 Å². The number of thiazole rings is 1. The molecule has 5 heterocycles. The van der Waals surface area contributed by atoms with Gasteiger partial charge in [-0.3, -0.25) is 4.79 Å². The summed E-state index contributed by atoms with van der Waals surface area (Å²) in [6.07, 6.45) is 5.78. The average molecular weight is 346 g/mol. The number of amides is 1. The number of thioether (sulfide) groups is 1. The summed E-state index contributed by atoms with van der Waals surface area (Å²) >= 11 is 3.06. The van der Waals surface area contributed by atoms with Crippen LogP contribution in [0.1, 0.15) is 12.8 Å². The molecule has 1 amide bonds. The molecule has 2 aromatic heterocycles. The lowest BCUT2D eigenvalue weighted by Gasteiger charge is -2.44. The molecule has 2 aromatic rings. The van der Waals surface area contributed by atoms with Crippen LogP contribution in [0.3, 0.4) is 0 Å². The number of nitrogens with one attached hydrogen (secondary N) is 1. The molecular weight excluding hydrogens is 328 g/mol. The van der Waals surface area contributed by atoms with Crippen molar-refractivity contribution >= 4 is 39.4 Å². The van der Waals surface area contributed by atoms with E-state index in [1.807, 2.05) is 17.5 Å². The molecule has 7 heteroatoms. The van der Waals surface area contributed by atoms with Crippen molar-refractivity contribution in [3.8, 4) is 0 Å². The average Bonchev–Trinajstić information content (AvgIpc) is 2.98. The number of rotatable bonds is 4. The molecular formula is C16H18N4OS2. The van der Waals surface area contributed by atoms with Gasteiger partial charge in [-0.15, -0.1) is 11.3 Å². The van der Waals surface area contributed by atoms with Crippen LogP contribution < -0.4 is 5.32 Å². The van der Waals surface area contributed by atoms with E-state index < -0.39 is 0 Å². The first-order valence-electron chi connectivity index (χ1n) is 7.85. The van der Waals surface area contributed by atoms with Crippen LogP contribution >= 0.6 is 23.1 Å². The highest BCUT2D eigenvalue weighted by molar-refractivity contribution is 8.03. The number of pyridine rings is 1. The van der Waals surface area contributed by atoms with Crippen LogP contribution in [0.2, 0.25) is 0 Å². The van der Waals surface area contributed by atoms with Crippen molar-refractivity contribution in [1.82, 2.24) is 20.2 Å². The number of carbonyl (C=O) groups is 1. The Labute approximate surface area is 143 Å². The zero-order valence-electron chi connectivity index (χ0n) is 12.6. The molecule has 1 unspecified atom stereocenters. The Morgan fingerprint density at radius 3 is 3.04 bits per heavy atom. The van der Waals surface area contributed by atoms with Crippen LogP contribution in [-0.2, 0) is 4.79 Å². The molecule has 5 nitrogen and oxygen atoms in total. The van der Waals surface area contributed by atoms with E-state index in [9.17, 15) is 4.79 Å². The zero-order valence-corrected chi connectivity index (χ0v) is 14.3. The van der Waals surface area contributed by atoms with Crippen LogP contribution in [0.25, 0.3) is 10.3 Å². The Balaban J connectivity index is 1.32. The zero-order chi connectivity index (χ0) is 15.6. The largest absolute Gasteiger partial charge is 0.348 e. The van der Waals surface area contributed by atoms with Gasteiger partial charge in [-0.05, 0) is 49.4 Å². The van der Waals surface area contributed by atoms with Crippen molar-refractivity contribution in [3.63, 3.8) is 0 Å². The van der Waals surface area contributed by atoms with Crippen molar-refractivity contribution in [2.45, 2.75) is 23.2 Å². The second kappa shape index (κ2) is 6.59. The number of fused-ring (bicyclic) bond motifs is 4. The van der Waals surface area contributed by atoms with Crippen molar-refractivity contribution in [2.75, 3.05) is 19.6 Å². The van der Waals surface area contributed by atoms with Gasteiger partial charge in [0.25, 0.3) is 0 Å². The number of aromatic nitrogens is 2. The molecule has 3 aliphatic rings. The fraction of sp³-hybridized carbons (Fsp3) is 0.438. The van der Waals surface area contributed by atoms with Gasteiger partial charge in [-0.1, -0.05) is 11.8 Å². The first-order valence-corrected chi connectivity index (χ1v) is 9.55. The van der Waals surface area contributed by atoms with E-state index in [0.717, 1.165) is 21.2 Å². The second-order valence-corrected chi connectivity index (χ2v) is 8.16. The lowest BCUT2D eigenvalue weighted by molar-refractivity contribution is -0.118. The maximum absolute atomic E-state index is 12.1. The topological polar surface area (TPSA) is 58.1 Å². The summed E-state index contributed by atoms with van der Waals surface area (Å²) in [5, 5.41) is 4.97. The molecule has 0 aromatic carbocycles. The Kier molecular flexibility index (Phi) is 4.33. The standard InChI is InChI=1S/C16H18N4OS2/c21-14(18-12-10-20-7-3-11(12)4-8-20)5-9-22-16-19-15-13(23-16)2-1-6-17-15/h1-2,5-6,9,11-12H,3-4,7-8,10H2,(H,18,21)/b9-5+. The van der Waals surface area contributed by atoms with Crippen LogP contribution in [0.5, 0.6) is 0 Å². The third-order valence-corrected chi connectivity index (χ3v) is 6.43. The normalized spacial score (nSPS) is 26.9. The van der Waals surface area contributed by atoms with Gasteiger partial charge in [-0.25, -0.2) is 9.97 Å². The summed E-state index contributed by atoms with van der Waals surface area (Å²) in [6, 6.07) is 4.23. The molecule has 1 N–H and O–H groups in total. The molecule has 120 valence electrons. The van der Waals surface area contributed by atoms with Crippen molar-refractivity contribution in [3.05, 3.63) is 29.8 Å².